The second-order valence-corrected chi connectivity index (χ2v) is 6.98. The van der Waals surface area contributed by atoms with Crippen LogP contribution in [-0.2, 0) is 18.9 Å². The molecule has 0 radical (unpaired) electrons. The van der Waals surface area contributed by atoms with Crippen LogP contribution in [0.2, 0.25) is 0 Å². The first-order valence-electron chi connectivity index (χ1n) is 8.06. The van der Waals surface area contributed by atoms with Gasteiger partial charge in [0.25, 0.3) is 5.56 Å². The topological polar surface area (TPSA) is 102 Å². The predicted octanol–water partition coefficient (Wildman–Crippen LogP) is 1.77. The molecular formula is C17H19N5O3S. The van der Waals surface area contributed by atoms with E-state index in [-0.39, 0.29) is 11.4 Å². The average Bonchev–Trinajstić information content (AvgIpc) is 3.04. The molecule has 3 aromatic rings. The lowest BCUT2D eigenvalue weighted by Crippen LogP contribution is -2.36. The minimum atomic E-state index is -0.433. The van der Waals surface area contributed by atoms with Crippen LogP contribution >= 0.6 is 11.8 Å². The van der Waals surface area contributed by atoms with Gasteiger partial charge in [0, 0.05) is 25.4 Å². The van der Waals surface area contributed by atoms with Gasteiger partial charge in [0.15, 0.2) is 16.3 Å². The van der Waals surface area contributed by atoms with Gasteiger partial charge in [0.05, 0.1) is 5.69 Å². The Balaban J connectivity index is 2.07. The van der Waals surface area contributed by atoms with Gasteiger partial charge >= 0.3 is 5.69 Å². The number of H-pyrrole nitrogens is 1. The van der Waals surface area contributed by atoms with Crippen LogP contribution < -0.4 is 16.6 Å². The van der Waals surface area contributed by atoms with E-state index in [0.29, 0.717) is 22.9 Å². The molecule has 0 bridgehead atoms. The summed E-state index contributed by atoms with van der Waals surface area (Å²) in [4.78, 5) is 44.2. The summed E-state index contributed by atoms with van der Waals surface area (Å²) < 4.78 is 2.36. The zero-order valence-electron chi connectivity index (χ0n) is 14.9. The second-order valence-electron chi connectivity index (χ2n) is 5.95. The first-order valence-corrected chi connectivity index (χ1v) is 8.87. The van der Waals surface area contributed by atoms with Crippen LogP contribution in [0.5, 0.6) is 0 Å². The van der Waals surface area contributed by atoms with E-state index < -0.39 is 11.2 Å². The Morgan fingerprint density at radius 2 is 2.00 bits per heavy atom. The van der Waals surface area contributed by atoms with Crippen LogP contribution in [0.4, 0.5) is 5.69 Å². The molecule has 9 heteroatoms. The Morgan fingerprint density at radius 3 is 2.69 bits per heavy atom. The largest absolute Gasteiger partial charge is 0.332 e. The zero-order valence-corrected chi connectivity index (χ0v) is 15.7. The molecule has 0 saturated carbocycles. The molecular weight excluding hydrogens is 354 g/mol. The van der Waals surface area contributed by atoms with Crippen LogP contribution in [-0.4, -0.2) is 25.0 Å². The molecule has 3 rings (SSSR count). The Bertz CT molecular complexity index is 1130. The number of carbonyl (C=O) groups excluding carboxylic acids is 1. The van der Waals surface area contributed by atoms with Crippen molar-refractivity contribution in [2.24, 2.45) is 14.1 Å². The van der Waals surface area contributed by atoms with Crippen LogP contribution in [0, 0.1) is 6.92 Å². The number of aromatic nitrogens is 4. The van der Waals surface area contributed by atoms with Crippen LogP contribution in [0.15, 0.2) is 37.8 Å². The summed E-state index contributed by atoms with van der Waals surface area (Å²) in [5.41, 5.74) is 1.41. The molecule has 136 valence electrons. The number of carbonyl (C=O) groups is 1. The Hall–Kier alpha value is -2.81. The number of nitrogens with one attached hydrogen (secondary N) is 2. The summed E-state index contributed by atoms with van der Waals surface area (Å²) in [5, 5.41) is 3.33. The van der Waals surface area contributed by atoms with Gasteiger partial charge in [-0.25, -0.2) is 9.78 Å². The quantitative estimate of drug-likeness (QED) is 0.726. The molecule has 0 aliphatic heterocycles. The maximum absolute atomic E-state index is 12.3. The van der Waals surface area contributed by atoms with E-state index in [1.54, 1.807) is 14.0 Å². The fraction of sp³-hybridized carbons (Fsp3) is 0.294. The molecule has 0 spiro atoms. The molecule has 1 amide bonds. The Labute approximate surface area is 153 Å². The maximum Gasteiger partial charge on any atom is 0.332 e. The first kappa shape index (κ1) is 18.0. The number of imidazole rings is 1. The third-order valence-electron chi connectivity index (χ3n) is 4.01. The molecule has 2 heterocycles. The smallest absolute Gasteiger partial charge is 0.327 e. The van der Waals surface area contributed by atoms with Crippen molar-refractivity contribution in [2.75, 3.05) is 5.32 Å². The normalized spacial score (nSPS) is 11.1. The van der Waals surface area contributed by atoms with Gasteiger partial charge in [-0.1, -0.05) is 13.0 Å². The van der Waals surface area contributed by atoms with E-state index in [0.717, 1.165) is 15.0 Å². The number of hydrogen-bond acceptors (Lipinski definition) is 5. The number of aromatic amines is 1. The maximum atomic E-state index is 12.3. The fourth-order valence-electron chi connectivity index (χ4n) is 2.51. The van der Waals surface area contributed by atoms with Gasteiger partial charge in [-0.05, 0) is 36.4 Å². The van der Waals surface area contributed by atoms with Gasteiger partial charge in [-0.2, -0.15) is 0 Å². The van der Waals surface area contributed by atoms with Crippen molar-refractivity contribution in [3.8, 4) is 0 Å². The van der Waals surface area contributed by atoms with Gasteiger partial charge in [-0.15, -0.1) is 0 Å². The first-order chi connectivity index (χ1) is 12.3. The Morgan fingerprint density at radius 1 is 1.27 bits per heavy atom. The van der Waals surface area contributed by atoms with Crippen molar-refractivity contribution in [3.63, 3.8) is 0 Å². The van der Waals surface area contributed by atoms with Gasteiger partial charge in [-0.3, -0.25) is 18.7 Å². The predicted molar refractivity (Wildman–Crippen MR) is 101 cm³/mol. The molecule has 0 fully saturated rings. The highest BCUT2D eigenvalue weighted by Gasteiger charge is 2.15. The molecule has 2 N–H and O–H groups in total. The fourth-order valence-corrected chi connectivity index (χ4v) is 3.48. The van der Waals surface area contributed by atoms with Crippen LogP contribution in [0.25, 0.3) is 11.2 Å². The molecule has 8 nitrogen and oxygen atoms in total. The lowest BCUT2D eigenvalue weighted by Gasteiger charge is -2.10. The van der Waals surface area contributed by atoms with Crippen molar-refractivity contribution in [2.45, 2.75) is 30.3 Å². The van der Waals surface area contributed by atoms with Crippen molar-refractivity contribution in [1.82, 2.24) is 19.1 Å². The van der Waals surface area contributed by atoms with Crippen LogP contribution in [0.1, 0.15) is 18.9 Å². The van der Waals surface area contributed by atoms with E-state index in [2.05, 4.69) is 15.3 Å². The summed E-state index contributed by atoms with van der Waals surface area (Å²) in [7, 11) is 3.00. The molecule has 0 aliphatic carbocycles. The van der Waals surface area contributed by atoms with Gasteiger partial charge in [0.1, 0.15) is 0 Å². The summed E-state index contributed by atoms with van der Waals surface area (Å²) in [5.74, 6) is -0.0865. The molecule has 26 heavy (non-hydrogen) atoms. The van der Waals surface area contributed by atoms with E-state index in [1.165, 1.54) is 23.4 Å². The average molecular weight is 373 g/mol. The standard InChI is InChI=1S/C17H19N5O3S/c1-5-12(23)18-10-7-6-9(2)8-11(10)26-16-19-13-14(20-16)21(3)17(25)22(4)15(13)24/h6-8H,5H2,1-4H3,(H,18,23)(H,19,20). The van der Waals surface area contributed by atoms with E-state index in [1.807, 2.05) is 25.1 Å². The number of anilines is 1. The number of amides is 1. The van der Waals surface area contributed by atoms with Crippen LogP contribution in [0.3, 0.4) is 0 Å². The molecule has 0 atom stereocenters. The van der Waals surface area contributed by atoms with Crippen molar-refractivity contribution in [1.29, 1.82) is 0 Å². The van der Waals surface area contributed by atoms with E-state index >= 15 is 0 Å². The van der Waals surface area contributed by atoms with Gasteiger partial charge in [0.2, 0.25) is 5.91 Å². The lowest BCUT2D eigenvalue weighted by atomic mass is 10.2. The number of hydrogen-bond donors (Lipinski definition) is 2. The number of benzene rings is 1. The molecule has 2 aromatic heterocycles. The molecule has 0 aliphatic rings. The number of fused-ring (bicyclic) bond motifs is 1. The number of aryl methyl sites for hydroxylation is 2. The Kier molecular flexibility index (Phi) is 4.73. The summed E-state index contributed by atoms with van der Waals surface area (Å²) in [6.45, 7) is 3.74. The van der Waals surface area contributed by atoms with Gasteiger partial charge < -0.3 is 10.3 Å². The molecule has 0 unspecified atom stereocenters. The van der Waals surface area contributed by atoms with Crippen molar-refractivity contribution in [3.05, 3.63) is 44.6 Å². The minimum absolute atomic E-state index is 0.0865. The lowest BCUT2D eigenvalue weighted by molar-refractivity contribution is -0.115. The van der Waals surface area contributed by atoms with E-state index in [4.69, 9.17) is 0 Å². The number of nitrogens with zero attached hydrogens (tertiary/aromatic N) is 3. The summed E-state index contributed by atoms with van der Waals surface area (Å²) >= 11 is 1.29. The second kappa shape index (κ2) is 6.83. The third kappa shape index (κ3) is 3.17. The highest BCUT2D eigenvalue weighted by molar-refractivity contribution is 7.99. The molecule has 0 saturated heterocycles. The van der Waals surface area contributed by atoms with Crippen molar-refractivity contribution < 1.29 is 4.79 Å². The third-order valence-corrected chi connectivity index (χ3v) is 4.96. The monoisotopic (exact) mass is 373 g/mol. The van der Waals surface area contributed by atoms with E-state index in [9.17, 15) is 14.4 Å². The summed E-state index contributed by atoms with van der Waals surface area (Å²) in [6.07, 6.45) is 0.376. The SMILES string of the molecule is CCC(=O)Nc1ccc(C)cc1Sc1nc2c([nH]1)c(=O)n(C)c(=O)n2C. The molecule has 1 aromatic carbocycles. The highest BCUT2D eigenvalue weighted by atomic mass is 32.2. The zero-order chi connectivity index (χ0) is 19.0. The number of rotatable bonds is 4. The minimum Gasteiger partial charge on any atom is -0.327 e. The van der Waals surface area contributed by atoms with Crippen molar-refractivity contribution >= 4 is 34.5 Å². The highest BCUT2D eigenvalue weighted by Crippen LogP contribution is 2.33. The summed E-state index contributed by atoms with van der Waals surface area (Å²) in [6, 6.07) is 5.68.